The number of hydrogen-bond acceptors (Lipinski definition) is 1. The molecular formula is C18H29ClN2. The molecular weight excluding hydrogens is 280 g/mol. The molecule has 0 amide bonds. The van der Waals surface area contributed by atoms with Gasteiger partial charge in [-0.2, -0.15) is 0 Å². The summed E-state index contributed by atoms with van der Waals surface area (Å²) in [6.07, 6.45) is 5.37. The molecule has 2 nitrogen and oxygen atoms in total. The maximum Gasteiger partial charge on any atom is 0.0992 e. The second kappa shape index (κ2) is 10.4. The first kappa shape index (κ1) is 19.7. The molecule has 1 aromatic carbocycles. The molecule has 1 aromatic heterocycles. The molecule has 2 rings (SSSR count). The summed E-state index contributed by atoms with van der Waals surface area (Å²) in [5.74, 6) is 1.33. The van der Waals surface area contributed by atoms with Crippen molar-refractivity contribution < 1.29 is 0 Å². The lowest BCUT2D eigenvalue weighted by atomic mass is 10.0. The second-order valence-electron chi connectivity index (χ2n) is 5.57. The number of hydrogen-bond donors (Lipinski definition) is 0. The number of imidazole rings is 1. The standard InChI is InChI=1S/C12H13ClN2.C4H10.C2H6/c1-9(2)10-3-4-12(11(13)7-10)15-6-5-14-8-15;1-4(2)3;1-2/h3-9H,1-2H3;4H,1-3H3;1-2H3. The predicted octanol–water partition coefficient (Wildman–Crippen LogP) is 6.34. The third-order valence-corrected chi connectivity index (χ3v) is 2.72. The number of nitrogens with zero attached hydrogens (tertiary/aromatic N) is 2. The van der Waals surface area contributed by atoms with Crippen LogP contribution in [0.2, 0.25) is 5.02 Å². The van der Waals surface area contributed by atoms with Gasteiger partial charge in [0.15, 0.2) is 0 Å². The molecule has 0 unspecified atom stereocenters. The molecule has 2 aromatic rings. The van der Waals surface area contributed by atoms with Gasteiger partial charge in [0.25, 0.3) is 0 Å². The summed E-state index contributed by atoms with van der Waals surface area (Å²) < 4.78 is 1.91. The summed E-state index contributed by atoms with van der Waals surface area (Å²) in [6.45, 7) is 14.8. The van der Waals surface area contributed by atoms with E-state index in [0.717, 1.165) is 16.6 Å². The van der Waals surface area contributed by atoms with Gasteiger partial charge in [-0.05, 0) is 29.5 Å². The van der Waals surface area contributed by atoms with Gasteiger partial charge < -0.3 is 4.57 Å². The molecule has 0 aliphatic rings. The molecule has 21 heavy (non-hydrogen) atoms. The molecule has 0 saturated heterocycles. The van der Waals surface area contributed by atoms with Crippen LogP contribution in [0.5, 0.6) is 0 Å². The third kappa shape index (κ3) is 7.33. The van der Waals surface area contributed by atoms with Crippen molar-refractivity contribution in [3.8, 4) is 5.69 Å². The Kier molecular flexibility index (Phi) is 9.81. The van der Waals surface area contributed by atoms with Gasteiger partial charge in [-0.1, -0.05) is 66.1 Å². The van der Waals surface area contributed by atoms with Gasteiger partial charge in [-0.25, -0.2) is 4.98 Å². The van der Waals surface area contributed by atoms with Crippen LogP contribution < -0.4 is 0 Å². The highest BCUT2D eigenvalue weighted by Gasteiger charge is 2.05. The summed E-state index contributed by atoms with van der Waals surface area (Å²) >= 11 is 6.22. The smallest absolute Gasteiger partial charge is 0.0992 e. The average Bonchev–Trinajstić information content (AvgIpc) is 2.94. The zero-order chi connectivity index (χ0) is 16.4. The molecule has 0 saturated carbocycles. The van der Waals surface area contributed by atoms with Crippen LogP contribution in [-0.2, 0) is 0 Å². The zero-order valence-electron chi connectivity index (χ0n) is 14.4. The highest BCUT2D eigenvalue weighted by atomic mass is 35.5. The van der Waals surface area contributed by atoms with E-state index in [4.69, 9.17) is 11.6 Å². The Morgan fingerprint density at radius 2 is 1.62 bits per heavy atom. The van der Waals surface area contributed by atoms with Crippen LogP contribution >= 0.6 is 11.6 Å². The normalized spacial score (nSPS) is 9.81. The van der Waals surface area contributed by atoms with Crippen molar-refractivity contribution in [1.82, 2.24) is 9.55 Å². The van der Waals surface area contributed by atoms with E-state index in [1.165, 1.54) is 5.56 Å². The number of aromatic nitrogens is 2. The van der Waals surface area contributed by atoms with Crippen molar-refractivity contribution in [2.45, 2.75) is 54.4 Å². The van der Waals surface area contributed by atoms with E-state index in [-0.39, 0.29) is 0 Å². The largest absolute Gasteiger partial charge is 0.305 e. The Labute approximate surface area is 135 Å². The van der Waals surface area contributed by atoms with E-state index < -0.39 is 0 Å². The minimum atomic E-state index is 0.499. The lowest BCUT2D eigenvalue weighted by molar-refractivity contribution is 0.737. The maximum atomic E-state index is 6.22. The highest BCUT2D eigenvalue weighted by molar-refractivity contribution is 6.32. The van der Waals surface area contributed by atoms with E-state index in [1.54, 1.807) is 12.5 Å². The van der Waals surface area contributed by atoms with Gasteiger partial charge in [-0.15, -0.1) is 0 Å². The van der Waals surface area contributed by atoms with Crippen LogP contribution in [0.1, 0.15) is 59.9 Å². The molecule has 0 fully saturated rings. The van der Waals surface area contributed by atoms with Crippen molar-refractivity contribution >= 4 is 11.6 Å². The van der Waals surface area contributed by atoms with Gasteiger partial charge in [0.2, 0.25) is 0 Å². The monoisotopic (exact) mass is 308 g/mol. The fraction of sp³-hybridized carbons (Fsp3) is 0.500. The van der Waals surface area contributed by atoms with E-state index in [0.29, 0.717) is 5.92 Å². The van der Waals surface area contributed by atoms with E-state index in [9.17, 15) is 0 Å². The molecule has 118 valence electrons. The van der Waals surface area contributed by atoms with Crippen LogP contribution in [0.4, 0.5) is 0 Å². The first-order chi connectivity index (χ1) is 9.91. The fourth-order valence-electron chi connectivity index (χ4n) is 1.49. The Balaban J connectivity index is 0.000000579. The summed E-state index contributed by atoms with van der Waals surface area (Å²) in [7, 11) is 0. The maximum absolute atomic E-state index is 6.22. The lowest BCUT2D eigenvalue weighted by Crippen LogP contribution is -1.94. The summed E-state index contributed by atoms with van der Waals surface area (Å²) in [6, 6.07) is 6.15. The van der Waals surface area contributed by atoms with Crippen LogP contribution in [0.15, 0.2) is 36.9 Å². The molecule has 0 aliphatic heterocycles. The Morgan fingerprint density at radius 1 is 1.05 bits per heavy atom. The summed E-state index contributed by atoms with van der Waals surface area (Å²) in [5, 5.41) is 0.763. The zero-order valence-corrected chi connectivity index (χ0v) is 15.1. The number of benzene rings is 1. The first-order valence-corrected chi connectivity index (χ1v) is 8.07. The Morgan fingerprint density at radius 3 is 2.00 bits per heavy atom. The van der Waals surface area contributed by atoms with Crippen molar-refractivity contribution in [3.05, 3.63) is 47.5 Å². The van der Waals surface area contributed by atoms with E-state index >= 15 is 0 Å². The molecule has 3 heteroatoms. The molecule has 0 aliphatic carbocycles. The third-order valence-electron chi connectivity index (χ3n) is 2.42. The van der Waals surface area contributed by atoms with Gasteiger partial charge in [-0.3, -0.25) is 0 Å². The second-order valence-corrected chi connectivity index (χ2v) is 5.97. The van der Waals surface area contributed by atoms with Gasteiger partial charge in [0, 0.05) is 12.4 Å². The first-order valence-electron chi connectivity index (χ1n) is 7.69. The predicted molar refractivity (Wildman–Crippen MR) is 94.5 cm³/mol. The molecule has 1 heterocycles. The SMILES string of the molecule is CC.CC(C)C.CC(C)c1ccc(-n2ccnc2)c(Cl)c1. The van der Waals surface area contributed by atoms with Crippen LogP contribution in [0, 0.1) is 5.92 Å². The Hall–Kier alpha value is -1.28. The molecule has 0 atom stereocenters. The van der Waals surface area contributed by atoms with Crippen LogP contribution in [0.3, 0.4) is 0 Å². The number of halogens is 1. The summed E-state index contributed by atoms with van der Waals surface area (Å²) in [5.41, 5.74) is 2.22. The lowest BCUT2D eigenvalue weighted by Gasteiger charge is -2.09. The minimum absolute atomic E-state index is 0.499. The highest BCUT2D eigenvalue weighted by Crippen LogP contribution is 2.25. The van der Waals surface area contributed by atoms with E-state index in [1.807, 2.05) is 36.7 Å². The van der Waals surface area contributed by atoms with Crippen molar-refractivity contribution in [3.63, 3.8) is 0 Å². The van der Waals surface area contributed by atoms with E-state index in [2.05, 4.69) is 45.7 Å². The van der Waals surface area contributed by atoms with Crippen molar-refractivity contribution in [1.29, 1.82) is 0 Å². The van der Waals surface area contributed by atoms with Gasteiger partial charge in [0.1, 0.15) is 0 Å². The molecule has 0 spiro atoms. The molecule has 0 radical (unpaired) electrons. The van der Waals surface area contributed by atoms with Crippen molar-refractivity contribution in [2.75, 3.05) is 0 Å². The number of rotatable bonds is 2. The fourth-order valence-corrected chi connectivity index (χ4v) is 1.78. The Bertz CT molecular complexity index is 485. The van der Waals surface area contributed by atoms with Gasteiger partial charge in [0.05, 0.1) is 17.0 Å². The molecule has 0 bridgehead atoms. The summed E-state index contributed by atoms with van der Waals surface area (Å²) in [4.78, 5) is 4.00. The van der Waals surface area contributed by atoms with Crippen LogP contribution in [0.25, 0.3) is 5.69 Å². The molecule has 0 N–H and O–H groups in total. The topological polar surface area (TPSA) is 17.8 Å². The van der Waals surface area contributed by atoms with Crippen molar-refractivity contribution in [2.24, 2.45) is 5.92 Å². The quantitative estimate of drug-likeness (QED) is 0.633. The van der Waals surface area contributed by atoms with Gasteiger partial charge >= 0.3 is 0 Å². The minimum Gasteiger partial charge on any atom is -0.305 e. The average molecular weight is 309 g/mol. The van der Waals surface area contributed by atoms with Crippen LogP contribution in [-0.4, -0.2) is 9.55 Å².